The summed E-state index contributed by atoms with van der Waals surface area (Å²) in [5.74, 6) is 0. The molecule has 66 valence electrons. The molecule has 0 saturated heterocycles. The Morgan fingerprint density at radius 3 is 2.64 bits per heavy atom. The van der Waals surface area contributed by atoms with Crippen molar-refractivity contribution in [2.75, 3.05) is 19.7 Å². The van der Waals surface area contributed by atoms with E-state index in [1.807, 2.05) is 6.92 Å². The molecular formula is C9H19NO. The summed E-state index contributed by atoms with van der Waals surface area (Å²) in [6.07, 6.45) is 3.02. The van der Waals surface area contributed by atoms with Gasteiger partial charge in [-0.2, -0.15) is 0 Å². The molecule has 0 aliphatic rings. The predicted molar refractivity (Wildman–Crippen MR) is 48.6 cm³/mol. The van der Waals surface area contributed by atoms with Crippen molar-refractivity contribution in [3.8, 4) is 0 Å². The van der Waals surface area contributed by atoms with Gasteiger partial charge in [0.1, 0.15) is 0 Å². The van der Waals surface area contributed by atoms with Crippen molar-refractivity contribution >= 4 is 0 Å². The highest BCUT2D eigenvalue weighted by atomic mass is 16.2. The van der Waals surface area contributed by atoms with Crippen LogP contribution < -0.4 is 5.32 Å². The van der Waals surface area contributed by atoms with Crippen LogP contribution in [0.5, 0.6) is 0 Å². The van der Waals surface area contributed by atoms with Gasteiger partial charge in [0, 0.05) is 6.61 Å². The van der Waals surface area contributed by atoms with Crippen molar-refractivity contribution in [2.45, 2.75) is 26.2 Å². The molecule has 0 bridgehead atoms. The Balaban J connectivity index is 2.85. The second kappa shape index (κ2) is 7.76. The van der Waals surface area contributed by atoms with Gasteiger partial charge in [-0.1, -0.05) is 5.57 Å². The quantitative estimate of drug-likeness (QED) is 0.431. The Morgan fingerprint density at radius 2 is 2.09 bits per heavy atom. The van der Waals surface area contributed by atoms with E-state index in [4.69, 9.17) is 5.11 Å². The fraction of sp³-hybridized carbons (Fsp3) is 0.778. The maximum absolute atomic E-state index is 8.47. The van der Waals surface area contributed by atoms with E-state index < -0.39 is 0 Å². The second-order valence-electron chi connectivity index (χ2n) is 2.89. The minimum atomic E-state index is 0.308. The summed E-state index contributed by atoms with van der Waals surface area (Å²) >= 11 is 0. The van der Waals surface area contributed by atoms with Gasteiger partial charge < -0.3 is 10.4 Å². The molecule has 0 aromatic heterocycles. The molecule has 0 unspecified atom stereocenters. The Labute approximate surface area is 69.3 Å². The maximum atomic E-state index is 8.47. The summed E-state index contributed by atoms with van der Waals surface area (Å²) in [7, 11) is 0. The van der Waals surface area contributed by atoms with Crippen LogP contribution in [0.25, 0.3) is 0 Å². The van der Waals surface area contributed by atoms with Crippen LogP contribution in [0.1, 0.15) is 26.2 Å². The fourth-order valence-corrected chi connectivity index (χ4v) is 0.789. The summed E-state index contributed by atoms with van der Waals surface area (Å²) in [6.45, 7) is 8.18. The zero-order chi connectivity index (χ0) is 8.53. The first kappa shape index (κ1) is 10.7. The number of hydrogen-bond acceptors (Lipinski definition) is 2. The third kappa shape index (κ3) is 9.66. The summed E-state index contributed by atoms with van der Waals surface area (Å²) in [4.78, 5) is 0. The van der Waals surface area contributed by atoms with Crippen molar-refractivity contribution in [2.24, 2.45) is 0 Å². The van der Waals surface area contributed by atoms with Crippen LogP contribution in [-0.4, -0.2) is 24.8 Å². The summed E-state index contributed by atoms with van der Waals surface area (Å²) in [6, 6.07) is 0. The minimum Gasteiger partial charge on any atom is -0.396 e. The molecular weight excluding hydrogens is 138 g/mol. The number of unbranched alkanes of at least 4 members (excludes halogenated alkanes) is 1. The summed E-state index contributed by atoms with van der Waals surface area (Å²) in [5, 5.41) is 11.7. The second-order valence-corrected chi connectivity index (χ2v) is 2.89. The highest BCUT2D eigenvalue weighted by Crippen LogP contribution is 1.92. The van der Waals surface area contributed by atoms with E-state index in [1.165, 1.54) is 5.57 Å². The minimum absolute atomic E-state index is 0.308. The van der Waals surface area contributed by atoms with E-state index in [0.29, 0.717) is 6.61 Å². The Kier molecular flexibility index (Phi) is 7.52. The molecule has 2 N–H and O–H groups in total. The molecule has 2 nitrogen and oxygen atoms in total. The van der Waals surface area contributed by atoms with Crippen LogP contribution in [-0.2, 0) is 0 Å². The number of aliphatic hydroxyl groups excluding tert-OH is 1. The average molecular weight is 157 g/mol. The number of nitrogens with one attached hydrogen (secondary N) is 1. The van der Waals surface area contributed by atoms with Crippen molar-refractivity contribution in [3.63, 3.8) is 0 Å². The van der Waals surface area contributed by atoms with Crippen molar-refractivity contribution in [1.29, 1.82) is 0 Å². The fourth-order valence-electron chi connectivity index (χ4n) is 0.789. The molecule has 0 rings (SSSR count). The van der Waals surface area contributed by atoms with Gasteiger partial charge in [-0.25, -0.2) is 0 Å². The van der Waals surface area contributed by atoms with Gasteiger partial charge in [0.25, 0.3) is 0 Å². The first-order chi connectivity index (χ1) is 5.27. The Bertz CT molecular complexity index is 102. The third-order valence-corrected chi connectivity index (χ3v) is 1.49. The van der Waals surface area contributed by atoms with E-state index in [9.17, 15) is 0 Å². The zero-order valence-corrected chi connectivity index (χ0v) is 7.40. The van der Waals surface area contributed by atoms with Crippen LogP contribution in [0.15, 0.2) is 12.2 Å². The van der Waals surface area contributed by atoms with E-state index in [0.717, 1.165) is 32.4 Å². The summed E-state index contributed by atoms with van der Waals surface area (Å²) in [5.41, 5.74) is 1.22. The van der Waals surface area contributed by atoms with Crippen LogP contribution in [0, 0.1) is 0 Å². The van der Waals surface area contributed by atoms with E-state index in [1.54, 1.807) is 0 Å². The molecule has 0 radical (unpaired) electrons. The largest absolute Gasteiger partial charge is 0.396 e. The van der Waals surface area contributed by atoms with Crippen LogP contribution in [0.4, 0.5) is 0 Å². The highest BCUT2D eigenvalue weighted by Gasteiger charge is 1.88. The van der Waals surface area contributed by atoms with Gasteiger partial charge in [-0.15, -0.1) is 6.58 Å². The van der Waals surface area contributed by atoms with Gasteiger partial charge in [-0.05, 0) is 39.3 Å². The first-order valence-corrected chi connectivity index (χ1v) is 4.23. The molecule has 0 aromatic carbocycles. The molecule has 0 saturated carbocycles. The molecule has 2 heteroatoms. The van der Waals surface area contributed by atoms with Gasteiger partial charge in [0.2, 0.25) is 0 Å². The lowest BCUT2D eigenvalue weighted by Gasteiger charge is -2.02. The van der Waals surface area contributed by atoms with Crippen LogP contribution >= 0.6 is 0 Å². The van der Waals surface area contributed by atoms with Gasteiger partial charge in [0.15, 0.2) is 0 Å². The van der Waals surface area contributed by atoms with Crippen LogP contribution in [0.2, 0.25) is 0 Å². The van der Waals surface area contributed by atoms with Crippen molar-refractivity contribution in [3.05, 3.63) is 12.2 Å². The third-order valence-electron chi connectivity index (χ3n) is 1.49. The molecule has 0 aliphatic heterocycles. The normalized spacial score (nSPS) is 10.0. The molecule has 0 amide bonds. The van der Waals surface area contributed by atoms with Gasteiger partial charge in [-0.3, -0.25) is 0 Å². The predicted octanol–water partition coefficient (Wildman–Crippen LogP) is 1.31. The highest BCUT2D eigenvalue weighted by molar-refractivity contribution is 4.87. The van der Waals surface area contributed by atoms with Gasteiger partial charge >= 0.3 is 0 Å². The monoisotopic (exact) mass is 157 g/mol. The first-order valence-electron chi connectivity index (χ1n) is 4.23. The van der Waals surface area contributed by atoms with E-state index in [-0.39, 0.29) is 0 Å². The molecule has 0 fully saturated rings. The molecule has 0 spiro atoms. The SMILES string of the molecule is C=C(C)CCNCCCCO. The standard InChI is InChI=1S/C9H19NO/c1-9(2)5-7-10-6-3-4-8-11/h10-11H,1,3-8H2,2H3. The summed E-state index contributed by atoms with van der Waals surface area (Å²) < 4.78 is 0. The number of hydrogen-bond donors (Lipinski definition) is 2. The average Bonchev–Trinajstić information content (AvgIpc) is 1.96. The lowest BCUT2D eigenvalue weighted by Crippen LogP contribution is -2.16. The lowest BCUT2D eigenvalue weighted by atomic mass is 10.2. The maximum Gasteiger partial charge on any atom is 0.0431 e. The number of rotatable bonds is 7. The molecule has 0 heterocycles. The Hall–Kier alpha value is -0.340. The molecule has 0 atom stereocenters. The molecule has 11 heavy (non-hydrogen) atoms. The van der Waals surface area contributed by atoms with Crippen molar-refractivity contribution < 1.29 is 5.11 Å². The molecule has 0 aliphatic carbocycles. The smallest absolute Gasteiger partial charge is 0.0431 e. The van der Waals surface area contributed by atoms with E-state index >= 15 is 0 Å². The van der Waals surface area contributed by atoms with Gasteiger partial charge in [0.05, 0.1) is 0 Å². The van der Waals surface area contributed by atoms with Crippen molar-refractivity contribution in [1.82, 2.24) is 5.32 Å². The number of aliphatic hydroxyl groups is 1. The Morgan fingerprint density at radius 1 is 1.36 bits per heavy atom. The lowest BCUT2D eigenvalue weighted by molar-refractivity contribution is 0.284. The van der Waals surface area contributed by atoms with Crippen LogP contribution in [0.3, 0.4) is 0 Å². The topological polar surface area (TPSA) is 32.3 Å². The molecule has 0 aromatic rings. The zero-order valence-electron chi connectivity index (χ0n) is 7.40. The van der Waals surface area contributed by atoms with E-state index in [2.05, 4.69) is 11.9 Å².